The number of carbonyl (C=O) groups is 2. The number of carbonyl (C=O) groups excluding carboxylic acids is 2. The van der Waals surface area contributed by atoms with Gasteiger partial charge in [-0.05, 0) is 31.0 Å². The number of unbranched alkanes of at least 4 members (excludes halogenated alkanes) is 1. The molecule has 1 N–H and O–H groups in total. The van der Waals surface area contributed by atoms with Crippen molar-refractivity contribution in [3.63, 3.8) is 0 Å². The zero-order valence-electron chi connectivity index (χ0n) is 19.3. The summed E-state index contributed by atoms with van der Waals surface area (Å²) in [6.07, 6.45) is 3.51. The normalized spacial score (nSPS) is 20.2. The first-order chi connectivity index (χ1) is 16.1. The maximum atomic E-state index is 13.6. The Morgan fingerprint density at radius 2 is 1.94 bits per heavy atom. The lowest BCUT2D eigenvalue weighted by Crippen LogP contribution is -2.47. The highest BCUT2D eigenvalue weighted by Gasteiger charge is 2.41. The van der Waals surface area contributed by atoms with Gasteiger partial charge >= 0.3 is 0 Å². The van der Waals surface area contributed by atoms with E-state index in [1.165, 1.54) is 0 Å². The largest absolute Gasteiger partial charge is 0.496 e. The highest BCUT2D eigenvalue weighted by molar-refractivity contribution is 5.95. The average Bonchev–Trinajstić information content (AvgIpc) is 3.08. The minimum Gasteiger partial charge on any atom is -0.496 e. The van der Waals surface area contributed by atoms with Gasteiger partial charge in [0, 0.05) is 36.7 Å². The van der Waals surface area contributed by atoms with Crippen LogP contribution in [0, 0.1) is 5.92 Å². The molecular weight excluding hydrogens is 420 g/mol. The Bertz CT molecular complexity index is 992. The van der Waals surface area contributed by atoms with E-state index in [4.69, 9.17) is 14.2 Å². The smallest absolute Gasteiger partial charge is 0.229 e. The summed E-state index contributed by atoms with van der Waals surface area (Å²) < 4.78 is 17.1. The number of anilines is 1. The average molecular weight is 453 g/mol. The van der Waals surface area contributed by atoms with Crippen LogP contribution in [0.25, 0.3) is 0 Å². The van der Waals surface area contributed by atoms with E-state index >= 15 is 0 Å². The molecule has 0 aliphatic carbocycles. The van der Waals surface area contributed by atoms with Gasteiger partial charge in [-0.3, -0.25) is 9.59 Å². The third kappa shape index (κ3) is 5.07. The van der Waals surface area contributed by atoms with Crippen LogP contribution in [0.5, 0.6) is 17.2 Å². The standard InChI is InChI=1S/C26H32N2O5/c1-3-4-14-28-24(29)13-11-20(25(28)19-8-5-6-9-21(19)31-2)26(30)27-18-10-12-22-23(17-18)33-16-7-15-32-22/h5-6,8-10,12,17,20,25H,3-4,7,11,13-16H2,1-2H3,(H,27,30)/t20-,25-/m0/s1. The van der Waals surface area contributed by atoms with Gasteiger partial charge < -0.3 is 24.4 Å². The van der Waals surface area contributed by atoms with E-state index in [1.54, 1.807) is 13.2 Å². The van der Waals surface area contributed by atoms with Gasteiger partial charge in [-0.15, -0.1) is 0 Å². The summed E-state index contributed by atoms with van der Waals surface area (Å²) in [7, 11) is 1.62. The molecule has 2 aromatic carbocycles. The van der Waals surface area contributed by atoms with Crippen LogP contribution in [0.3, 0.4) is 0 Å². The SMILES string of the molecule is CCCCN1C(=O)CC[C@H](C(=O)Nc2ccc3c(c2)OCCCO3)[C@@H]1c1ccccc1OC. The molecule has 2 atom stereocenters. The molecule has 7 heteroatoms. The second kappa shape index (κ2) is 10.6. The third-order valence-corrected chi connectivity index (χ3v) is 6.27. The molecule has 0 spiro atoms. The lowest BCUT2D eigenvalue weighted by Gasteiger charge is -2.41. The molecule has 2 aromatic rings. The monoisotopic (exact) mass is 452 g/mol. The third-order valence-electron chi connectivity index (χ3n) is 6.27. The Labute approximate surface area is 195 Å². The van der Waals surface area contributed by atoms with Crippen LogP contribution in [0.1, 0.15) is 50.6 Å². The van der Waals surface area contributed by atoms with E-state index < -0.39 is 5.92 Å². The zero-order valence-corrected chi connectivity index (χ0v) is 19.3. The Hall–Kier alpha value is -3.22. The molecule has 0 bridgehead atoms. The van der Waals surface area contributed by atoms with Gasteiger partial charge in [0.1, 0.15) is 5.75 Å². The fraction of sp³-hybridized carbons (Fsp3) is 0.462. The first-order valence-electron chi connectivity index (χ1n) is 11.7. The van der Waals surface area contributed by atoms with E-state index in [1.807, 2.05) is 41.3 Å². The van der Waals surface area contributed by atoms with Crippen molar-refractivity contribution in [1.82, 2.24) is 4.90 Å². The number of hydrogen-bond donors (Lipinski definition) is 1. The van der Waals surface area contributed by atoms with Crippen LogP contribution in [-0.4, -0.2) is 43.6 Å². The second-order valence-electron chi connectivity index (χ2n) is 8.47. The van der Waals surface area contributed by atoms with Crippen LogP contribution in [0.4, 0.5) is 5.69 Å². The minimum absolute atomic E-state index is 0.0824. The molecule has 0 radical (unpaired) electrons. The maximum absolute atomic E-state index is 13.6. The van der Waals surface area contributed by atoms with Crippen LogP contribution in [-0.2, 0) is 9.59 Å². The second-order valence-corrected chi connectivity index (χ2v) is 8.47. The molecule has 176 valence electrons. The zero-order chi connectivity index (χ0) is 23.2. The number of piperidine rings is 1. The van der Waals surface area contributed by atoms with Crippen molar-refractivity contribution in [3.05, 3.63) is 48.0 Å². The molecule has 33 heavy (non-hydrogen) atoms. The van der Waals surface area contributed by atoms with Crippen molar-refractivity contribution in [3.8, 4) is 17.2 Å². The molecule has 2 aliphatic rings. The van der Waals surface area contributed by atoms with Crippen molar-refractivity contribution >= 4 is 17.5 Å². The molecule has 7 nitrogen and oxygen atoms in total. The molecule has 2 amide bonds. The molecule has 1 saturated heterocycles. The van der Waals surface area contributed by atoms with E-state index in [2.05, 4.69) is 12.2 Å². The van der Waals surface area contributed by atoms with Crippen molar-refractivity contribution in [2.75, 3.05) is 32.2 Å². The summed E-state index contributed by atoms with van der Waals surface area (Å²) in [6, 6.07) is 12.7. The van der Waals surface area contributed by atoms with Crippen LogP contribution >= 0.6 is 0 Å². The quantitative estimate of drug-likeness (QED) is 0.666. The van der Waals surface area contributed by atoms with Gasteiger partial charge in [0.25, 0.3) is 0 Å². The summed E-state index contributed by atoms with van der Waals surface area (Å²) in [5.41, 5.74) is 1.52. The summed E-state index contributed by atoms with van der Waals surface area (Å²) in [6.45, 7) is 3.91. The molecule has 2 aliphatic heterocycles. The Balaban J connectivity index is 1.63. The number of hydrogen-bond acceptors (Lipinski definition) is 5. The summed E-state index contributed by atoms with van der Waals surface area (Å²) in [4.78, 5) is 28.3. The van der Waals surface area contributed by atoms with Gasteiger partial charge in [-0.1, -0.05) is 31.5 Å². The number of methoxy groups -OCH3 is 1. The number of ether oxygens (including phenoxy) is 3. The highest BCUT2D eigenvalue weighted by Crippen LogP contribution is 2.41. The van der Waals surface area contributed by atoms with Gasteiger partial charge in [0.05, 0.1) is 32.3 Å². The first-order valence-corrected chi connectivity index (χ1v) is 11.7. The fourth-order valence-electron chi connectivity index (χ4n) is 4.59. The predicted molar refractivity (Wildman–Crippen MR) is 126 cm³/mol. The number of nitrogens with one attached hydrogen (secondary N) is 1. The van der Waals surface area contributed by atoms with Crippen molar-refractivity contribution in [2.45, 2.75) is 45.1 Å². The Morgan fingerprint density at radius 1 is 1.15 bits per heavy atom. The molecule has 0 unspecified atom stereocenters. The lowest BCUT2D eigenvalue weighted by atomic mass is 9.83. The summed E-state index contributed by atoms with van der Waals surface area (Å²) in [5, 5.41) is 3.06. The highest BCUT2D eigenvalue weighted by atomic mass is 16.5. The molecule has 0 saturated carbocycles. The minimum atomic E-state index is -0.396. The van der Waals surface area contributed by atoms with E-state index in [0.29, 0.717) is 55.5 Å². The number of fused-ring (bicyclic) bond motifs is 1. The molecular formula is C26H32N2O5. The summed E-state index contributed by atoms with van der Waals surface area (Å²) >= 11 is 0. The number of amides is 2. The van der Waals surface area contributed by atoms with Crippen LogP contribution in [0.15, 0.2) is 42.5 Å². The maximum Gasteiger partial charge on any atom is 0.229 e. The molecule has 1 fully saturated rings. The Morgan fingerprint density at radius 3 is 2.73 bits per heavy atom. The van der Waals surface area contributed by atoms with Crippen molar-refractivity contribution in [1.29, 1.82) is 0 Å². The van der Waals surface area contributed by atoms with Crippen LogP contribution < -0.4 is 19.5 Å². The number of para-hydroxylation sites is 1. The van der Waals surface area contributed by atoms with Gasteiger partial charge in [0.2, 0.25) is 11.8 Å². The predicted octanol–water partition coefficient (Wildman–Crippen LogP) is 4.58. The Kier molecular flexibility index (Phi) is 7.37. The number of benzene rings is 2. The van der Waals surface area contributed by atoms with Gasteiger partial charge in [-0.25, -0.2) is 0 Å². The van der Waals surface area contributed by atoms with Gasteiger partial charge in [-0.2, -0.15) is 0 Å². The molecule has 2 heterocycles. The van der Waals surface area contributed by atoms with Crippen LogP contribution in [0.2, 0.25) is 0 Å². The van der Waals surface area contributed by atoms with Crippen molar-refractivity contribution < 1.29 is 23.8 Å². The van der Waals surface area contributed by atoms with Crippen molar-refractivity contribution in [2.24, 2.45) is 5.92 Å². The fourth-order valence-corrected chi connectivity index (χ4v) is 4.59. The number of rotatable bonds is 7. The summed E-state index contributed by atoms with van der Waals surface area (Å²) in [5.74, 6) is 1.58. The molecule has 0 aromatic heterocycles. The lowest BCUT2D eigenvalue weighted by molar-refractivity contribution is -0.142. The molecule has 4 rings (SSSR count). The number of nitrogens with zero attached hydrogens (tertiary/aromatic N) is 1. The van der Waals surface area contributed by atoms with E-state index in [0.717, 1.165) is 24.8 Å². The van der Waals surface area contributed by atoms with E-state index in [9.17, 15) is 9.59 Å². The topological polar surface area (TPSA) is 77.1 Å². The first kappa shape index (κ1) is 23.0. The van der Waals surface area contributed by atoms with Gasteiger partial charge in [0.15, 0.2) is 11.5 Å². The van der Waals surface area contributed by atoms with E-state index in [-0.39, 0.29) is 17.9 Å². The number of likely N-dealkylation sites (tertiary alicyclic amines) is 1.